The Balaban J connectivity index is 1.30. The van der Waals surface area contributed by atoms with Crippen LogP contribution in [0.25, 0.3) is 10.8 Å². The second-order valence-electron chi connectivity index (χ2n) is 7.73. The molecule has 9 heteroatoms. The van der Waals surface area contributed by atoms with E-state index in [1.165, 1.54) is 7.11 Å². The molecule has 0 unspecified atom stereocenters. The highest BCUT2D eigenvalue weighted by atomic mass is 16.5. The predicted octanol–water partition coefficient (Wildman–Crippen LogP) is 2.52. The summed E-state index contributed by atoms with van der Waals surface area (Å²) in [7, 11) is 1.44. The SMILES string of the molecule is COc1ccccc1C(=O)NN1C[C@@H](C(=O)OCC(=O)Nc2cccc3ccccc23)CC1=O. The third-order valence-electron chi connectivity index (χ3n) is 5.46. The quantitative estimate of drug-likeness (QED) is 0.523. The van der Waals surface area contributed by atoms with E-state index in [1.807, 2.05) is 36.4 Å². The molecule has 0 saturated carbocycles. The molecule has 174 valence electrons. The molecule has 1 atom stereocenters. The van der Waals surface area contributed by atoms with Crippen LogP contribution in [0, 0.1) is 5.92 Å². The molecule has 2 N–H and O–H groups in total. The topological polar surface area (TPSA) is 114 Å². The molecule has 1 saturated heterocycles. The number of carbonyl (C=O) groups is 4. The first-order valence-electron chi connectivity index (χ1n) is 10.6. The zero-order valence-corrected chi connectivity index (χ0v) is 18.4. The third-order valence-corrected chi connectivity index (χ3v) is 5.46. The number of hydrazine groups is 1. The van der Waals surface area contributed by atoms with Gasteiger partial charge in [0, 0.05) is 17.5 Å². The normalized spacial score (nSPS) is 15.1. The van der Waals surface area contributed by atoms with E-state index in [2.05, 4.69) is 10.7 Å². The number of methoxy groups -OCH3 is 1. The Kier molecular flexibility index (Phi) is 6.72. The van der Waals surface area contributed by atoms with Gasteiger partial charge in [0.05, 0.1) is 25.1 Å². The highest BCUT2D eigenvalue weighted by molar-refractivity contribution is 6.03. The van der Waals surface area contributed by atoms with Gasteiger partial charge in [0.25, 0.3) is 11.8 Å². The smallest absolute Gasteiger partial charge is 0.311 e. The average molecular weight is 461 g/mol. The van der Waals surface area contributed by atoms with Crippen LogP contribution in [0.3, 0.4) is 0 Å². The highest BCUT2D eigenvalue weighted by Crippen LogP contribution is 2.23. The first kappa shape index (κ1) is 22.8. The minimum atomic E-state index is -0.796. The number of fused-ring (bicyclic) bond motifs is 1. The van der Waals surface area contributed by atoms with Crippen LogP contribution >= 0.6 is 0 Å². The lowest BCUT2D eigenvalue weighted by molar-refractivity contribution is -0.151. The lowest BCUT2D eigenvalue weighted by Crippen LogP contribution is -2.43. The fraction of sp³-hybridized carbons (Fsp3) is 0.200. The van der Waals surface area contributed by atoms with Crippen molar-refractivity contribution in [3.05, 3.63) is 72.3 Å². The summed E-state index contributed by atoms with van der Waals surface area (Å²) in [6.45, 7) is -0.538. The van der Waals surface area contributed by atoms with Crippen LogP contribution in [0.4, 0.5) is 5.69 Å². The van der Waals surface area contributed by atoms with Gasteiger partial charge in [-0.25, -0.2) is 0 Å². The molecule has 3 aromatic rings. The zero-order valence-electron chi connectivity index (χ0n) is 18.4. The molecular formula is C25H23N3O6. The van der Waals surface area contributed by atoms with Gasteiger partial charge in [-0.2, -0.15) is 0 Å². The molecule has 0 spiro atoms. The number of rotatable bonds is 7. The molecule has 3 aromatic carbocycles. The first-order valence-corrected chi connectivity index (χ1v) is 10.6. The maximum Gasteiger partial charge on any atom is 0.311 e. The summed E-state index contributed by atoms with van der Waals surface area (Å²) < 4.78 is 10.3. The van der Waals surface area contributed by atoms with E-state index < -0.39 is 36.2 Å². The van der Waals surface area contributed by atoms with Crippen LogP contribution in [-0.4, -0.2) is 49.0 Å². The maximum absolute atomic E-state index is 12.5. The molecular weight excluding hydrogens is 438 g/mol. The molecule has 4 rings (SSSR count). The number of hydrogen-bond donors (Lipinski definition) is 2. The van der Waals surface area contributed by atoms with Crippen LogP contribution < -0.4 is 15.5 Å². The van der Waals surface area contributed by atoms with Gasteiger partial charge >= 0.3 is 5.97 Å². The minimum Gasteiger partial charge on any atom is -0.496 e. The number of anilines is 1. The molecule has 0 bridgehead atoms. The number of benzene rings is 3. The minimum absolute atomic E-state index is 0.0521. The second kappa shape index (κ2) is 10.0. The van der Waals surface area contributed by atoms with Crippen LogP contribution in [0.5, 0.6) is 5.75 Å². The summed E-state index contributed by atoms with van der Waals surface area (Å²) in [6, 6.07) is 19.7. The van der Waals surface area contributed by atoms with E-state index in [1.54, 1.807) is 30.3 Å². The van der Waals surface area contributed by atoms with E-state index in [9.17, 15) is 19.2 Å². The number of esters is 1. The number of para-hydroxylation sites is 1. The second-order valence-corrected chi connectivity index (χ2v) is 7.73. The average Bonchev–Trinajstić information content (AvgIpc) is 3.22. The van der Waals surface area contributed by atoms with Crippen molar-refractivity contribution in [3.8, 4) is 5.75 Å². The lowest BCUT2D eigenvalue weighted by atomic mass is 10.1. The van der Waals surface area contributed by atoms with Crippen LogP contribution in [-0.2, 0) is 19.1 Å². The molecule has 0 aromatic heterocycles. The van der Waals surface area contributed by atoms with E-state index in [4.69, 9.17) is 9.47 Å². The Labute approximate surface area is 195 Å². The zero-order chi connectivity index (χ0) is 24.1. The van der Waals surface area contributed by atoms with Crippen molar-refractivity contribution in [2.24, 2.45) is 5.92 Å². The summed E-state index contributed by atoms with van der Waals surface area (Å²) in [6.07, 6.45) is -0.129. The van der Waals surface area contributed by atoms with Crippen LogP contribution in [0.1, 0.15) is 16.8 Å². The molecule has 0 aliphatic carbocycles. The summed E-state index contributed by atoms with van der Waals surface area (Å²) in [5, 5.41) is 5.66. The number of nitrogens with zero attached hydrogens (tertiary/aromatic N) is 1. The number of hydrogen-bond acceptors (Lipinski definition) is 6. The van der Waals surface area contributed by atoms with Crippen LogP contribution in [0.15, 0.2) is 66.7 Å². The van der Waals surface area contributed by atoms with Crippen molar-refractivity contribution < 1.29 is 28.7 Å². The number of carbonyl (C=O) groups excluding carboxylic acids is 4. The molecule has 0 radical (unpaired) electrons. The van der Waals surface area contributed by atoms with Crippen molar-refractivity contribution in [1.82, 2.24) is 10.4 Å². The van der Waals surface area contributed by atoms with Crippen molar-refractivity contribution in [1.29, 1.82) is 0 Å². The Bertz CT molecular complexity index is 1250. The van der Waals surface area contributed by atoms with Gasteiger partial charge in [-0.15, -0.1) is 0 Å². The van der Waals surface area contributed by atoms with Gasteiger partial charge in [0.2, 0.25) is 5.91 Å². The number of nitrogens with one attached hydrogen (secondary N) is 2. The molecule has 9 nitrogen and oxygen atoms in total. The molecule has 1 fully saturated rings. The lowest BCUT2D eigenvalue weighted by Gasteiger charge is -2.18. The molecule has 1 heterocycles. The van der Waals surface area contributed by atoms with E-state index in [0.717, 1.165) is 15.8 Å². The Hall–Kier alpha value is -4.40. The number of amides is 3. The highest BCUT2D eigenvalue weighted by Gasteiger charge is 2.37. The van der Waals surface area contributed by atoms with Crippen molar-refractivity contribution in [2.45, 2.75) is 6.42 Å². The van der Waals surface area contributed by atoms with Gasteiger partial charge in [0.1, 0.15) is 5.75 Å². The molecule has 3 amide bonds. The Morgan fingerprint density at radius 3 is 2.56 bits per heavy atom. The Morgan fingerprint density at radius 1 is 1.00 bits per heavy atom. The molecule has 34 heavy (non-hydrogen) atoms. The summed E-state index contributed by atoms with van der Waals surface area (Å²) in [5.41, 5.74) is 3.37. The van der Waals surface area contributed by atoms with Gasteiger partial charge in [-0.05, 0) is 23.6 Å². The van der Waals surface area contributed by atoms with Gasteiger partial charge in [-0.1, -0.05) is 48.5 Å². The summed E-state index contributed by atoms with van der Waals surface area (Å²) in [4.78, 5) is 49.6. The van der Waals surface area contributed by atoms with Crippen LogP contribution in [0.2, 0.25) is 0 Å². The fourth-order valence-electron chi connectivity index (χ4n) is 3.76. The standard InChI is InChI=1S/C25H23N3O6/c1-33-21-12-5-4-10-19(21)24(31)27-28-14-17(13-23(28)30)25(32)34-15-22(29)26-20-11-6-8-16-7-2-3-9-18(16)20/h2-12,17H,13-15H2,1H3,(H,26,29)(H,27,31)/t17-/m0/s1. The van der Waals surface area contributed by atoms with Gasteiger partial charge in [0.15, 0.2) is 6.61 Å². The Morgan fingerprint density at radius 2 is 1.74 bits per heavy atom. The number of ether oxygens (including phenoxy) is 2. The van der Waals surface area contributed by atoms with E-state index in [0.29, 0.717) is 11.4 Å². The molecule has 1 aliphatic rings. The van der Waals surface area contributed by atoms with Crippen molar-refractivity contribution in [3.63, 3.8) is 0 Å². The third kappa shape index (κ3) is 4.98. The first-order chi connectivity index (χ1) is 16.5. The van der Waals surface area contributed by atoms with Gasteiger partial charge < -0.3 is 14.8 Å². The van der Waals surface area contributed by atoms with E-state index >= 15 is 0 Å². The largest absolute Gasteiger partial charge is 0.496 e. The van der Waals surface area contributed by atoms with Gasteiger partial charge in [-0.3, -0.25) is 29.6 Å². The fourth-order valence-corrected chi connectivity index (χ4v) is 3.76. The summed E-state index contributed by atoms with van der Waals surface area (Å²) in [5.74, 6) is -2.57. The molecule has 1 aliphatic heterocycles. The van der Waals surface area contributed by atoms with Crippen molar-refractivity contribution >= 4 is 40.2 Å². The monoisotopic (exact) mass is 461 g/mol. The van der Waals surface area contributed by atoms with E-state index in [-0.39, 0.29) is 18.5 Å². The van der Waals surface area contributed by atoms with Crippen molar-refractivity contribution in [2.75, 3.05) is 25.6 Å². The summed E-state index contributed by atoms with van der Waals surface area (Å²) >= 11 is 0. The maximum atomic E-state index is 12.5. The predicted molar refractivity (Wildman–Crippen MR) is 124 cm³/mol.